The minimum atomic E-state index is -5.37. The van der Waals surface area contributed by atoms with Crippen molar-refractivity contribution in [1.82, 2.24) is 48.8 Å². The molecular weight excluding hydrogens is 1270 g/mol. The van der Waals surface area contributed by atoms with E-state index >= 15 is 0 Å². The first kappa shape index (κ1) is 66.7. The van der Waals surface area contributed by atoms with Crippen LogP contribution in [0.25, 0.3) is 22.3 Å². The number of carbonyl (C=O) groups is 2. The molecule has 6 aliphatic heterocycles. The summed E-state index contributed by atoms with van der Waals surface area (Å²) < 4.78 is 102. The molecule has 46 heteroatoms. The van der Waals surface area contributed by atoms with Gasteiger partial charge in [0.25, 0.3) is 0 Å². The number of phosphoric acid groups is 4. The molecule has 10 heterocycles. The van der Waals surface area contributed by atoms with E-state index in [0.717, 1.165) is 12.7 Å². The number of phosphoric ester groups is 4. The van der Waals surface area contributed by atoms with Gasteiger partial charge in [0.05, 0.1) is 39.1 Å². The molecule has 4 saturated heterocycles. The maximum atomic E-state index is 12.4. The molecule has 0 saturated carbocycles. The number of primary amides is 2. The van der Waals surface area contributed by atoms with Gasteiger partial charge in [0.15, 0.2) is 47.8 Å². The first-order chi connectivity index (χ1) is 41.3. The van der Waals surface area contributed by atoms with Gasteiger partial charge in [0.2, 0.25) is 11.8 Å². The van der Waals surface area contributed by atoms with Crippen molar-refractivity contribution < 1.29 is 134 Å². The van der Waals surface area contributed by atoms with Gasteiger partial charge in [-0.25, -0.2) is 48.2 Å². The van der Waals surface area contributed by atoms with Crippen LogP contribution in [0.5, 0.6) is 0 Å². The molecule has 20 N–H and O–H groups in total. The lowest BCUT2D eigenvalue weighted by atomic mass is 10.1. The van der Waals surface area contributed by atoms with Crippen molar-refractivity contribution in [3.8, 4) is 0 Å². The Bertz CT molecular complexity index is 3340. The molecule has 2 amide bonds. The van der Waals surface area contributed by atoms with E-state index in [1.807, 2.05) is 0 Å². The average Bonchev–Trinajstić information content (AvgIpc) is 1.77. The lowest BCUT2D eigenvalue weighted by molar-refractivity contribution is -0.115. The molecule has 4 aromatic rings. The number of anilines is 2. The molecule has 0 aliphatic carbocycles. The summed E-state index contributed by atoms with van der Waals surface area (Å²) in [6.45, 7) is -3.57. The van der Waals surface area contributed by atoms with Gasteiger partial charge in [-0.15, -0.1) is 0 Å². The molecule has 0 spiro atoms. The second-order valence-electron chi connectivity index (χ2n) is 19.7. The van der Waals surface area contributed by atoms with Crippen LogP contribution in [-0.2, 0) is 73.5 Å². The van der Waals surface area contributed by atoms with E-state index in [1.165, 1.54) is 56.4 Å². The van der Waals surface area contributed by atoms with Crippen molar-refractivity contribution in [3.63, 3.8) is 0 Å². The van der Waals surface area contributed by atoms with Crippen molar-refractivity contribution >= 4 is 77.1 Å². The summed E-state index contributed by atoms with van der Waals surface area (Å²) in [7, 11) is -21.5. The number of carbonyl (C=O) groups excluding carboxylic acids is 2. The van der Waals surface area contributed by atoms with Crippen molar-refractivity contribution in [2.24, 2.45) is 11.5 Å². The fraction of sp³-hybridized carbons (Fsp3) is 0.524. The van der Waals surface area contributed by atoms with Crippen LogP contribution in [0, 0.1) is 0 Å². The molecule has 0 radical (unpaired) electrons. The Balaban J connectivity index is 0.000000209. The number of aromatic nitrogens is 8. The SMILES string of the molecule is NC(=O)C1=CN([C@@H]2O[C@H](COP(=O)(O)OP(=O)(O)OC[C@H]3O[C@@H](n4cnc5c(N)ncnc54)[C@H](O)[C@@H]3O)[C@@H](O)[C@H]2O)C=CC1.NC(=O)C1=CN([C@@H]2O[C@H](COP(=O)(O)OP(=O)(O)OC[C@H]3O[C@@H](n4cnc5c(N)ncnc54)[C@H](O)[C@@H]3O)[C@@H](O)[C@H]2O)C=CC1. The van der Waals surface area contributed by atoms with Crippen LogP contribution in [0.4, 0.5) is 11.6 Å². The molecule has 4 aromatic heterocycles. The Morgan fingerprint density at radius 2 is 0.773 bits per heavy atom. The highest BCUT2D eigenvalue weighted by Crippen LogP contribution is 2.62. The first-order valence-electron chi connectivity index (χ1n) is 25.5. The van der Waals surface area contributed by atoms with Crippen LogP contribution in [0.3, 0.4) is 0 Å². The van der Waals surface area contributed by atoms with E-state index in [2.05, 4.69) is 38.5 Å². The van der Waals surface area contributed by atoms with Crippen LogP contribution < -0.4 is 22.9 Å². The van der Waals surface area contributed by atoms with Crippen LogP contribution in [-0.4, -0.2) is 233 Å². The Morgan fingerprint density at radius 1 is 0.477 bits per heavy atom. The molecule has 0 bridgehead atoms. The number of allylic oxidation sites excluding steroid dienone is 2. The van der Waals surface area contributed by atoms with E-state index in [-0.39, 0.29) is 58.0 Å². The van der Waals surface area contributed by atoms with E-state index in [1.54, 1.807) is 12.2 Å². The number of nitrogen functional groups attached to an aromatic ring is 2. The number of amides is 2. The van der Waals surface area contributed by atoms with E-state index in [4.69, 9.17) is 60.0 Å². The second kappa shape index (κ2) is 26.6. The highest BCUT2D eigenvalue weighted by molar-refractivity contribution is 7.61. The maximum Gasteiger partial charge on any atom is 0.481 e. The number of fused-ring (bicyclic) bond motifs is 2. The zero-order valence-electron chi connectivity index (χ0n) is 44.7. The van der Waals surface area contributed by atoms with Gasteiger partial charge in [-0.3, -0.25) is 36.8 Å². The highest BCUT2D eigenvalue weighted by Gasteiger charge is 2.51. The zero-order chi connectivity index (χ0) is 63.9. The number of ether oxygens (including phenoxy) is 4. The predicted octanol–water partition coefficient (Wildman–Crippen LogP) is -5.37. The lowest BCUT2D eigenvalue weighted by Gasteiger charge is -2.28. The van der Waals surface area contributed by atoms with Gasteiger partial charge in [-0.05, 0) is 12.8 Å². The van der Waals surface area contributed by atoms with Gasteiger partial charge < -0.3 is 112 Å². The highest BCUT2D eigenvalue weighted by atomic mass is 31.3. The molecule has 4 fully saturated rings. The molecule has 0 aromatic carbocycles. The molecule has 6 aliphatic rings. The topological polar surface area (TPSA) is 635 Å². The summed E-state index contributed by atoms with van der Waals surface area (Å²) in [6.07, 6.45) is -9.76. The summed E-state index contributed by atoms with van der Waals surface area (Å²) in [5, 5.41) is 83.3. The predicted molar refractivity (Wildman–Crippen MR) is 284 cm³/mol. The maximum absolute atomic E-state index is 12.4. The molecule has 42 nitrogen and oxygen atoms in total. The third-order valence-electron chi connectivity index (χ3n) is 13.8. The second-order valence-corrected chi connectivity index (χ2v) is 25.8. The van der Waals surface area contributed by atoms with Crippen molar-refractivity contribution in [1.29, 1.82) is 0 Å². The summed E-state index contributed by atoms with van der Waals surface area (Å²) in [5.74, 6) is -1.32. The van der Waals surface area contributed by atoms with Crippen LogP contribution in [0.2, 0.25) is 0 Å². The van der Waals surface area contributed by atoms with Crippen molar-refractivity contribution in [3.05, 3.63) is 73.4 Å². The smallest absolute Gasteiger partial charge is 0.387 e. The average molecular weight is 1330 g/mol. The summed E-state index contributed by atoms with van der Waals surface area (Å²) >= 11 is 0. The van der Waals surface area contributed by atoms with E-state index in [0.29, 0.717) is 0 Å². The molecule has 10 rings (SSSR count). The van der Waals surface area contributed by atoms with Gasteiger partial charge >= 0.3 is 31.3 Å². The molecule has 484 valence electrons. The summed E-state index contributed by atoms with van der Waals surface area (Å²) in [4.78, 5) is 89.2. The summed E-state index contributed by atoms with van der Waals surface area (Å²) in [6, 6.07) is 0. The van der Waals surface area contributed by atoms with Crippen molar-refractivity contribution in [2.75, 3.05) is 37.9 Å². The third-order valence-corrected chi connectivity index (χ3v) is 19.0. The zero-order valence-corrected chi connectivity index (χ0v) is 48.3. The monoisotopic (exact) mass is 1330 g/mol. The standard InChI is InChI=1S/2C21H29N7O14P2/c2*22-17-12-19(25-7-24-17)28(8-26-12)21-16(32)14(30)11(41-21)6-39-44(36,37)42-43(34,35)38-5-10-13(29)15(31)20(40-10)27-3-1-2-9(4-27)18(23)33/h2*1,3-4,7-8,10-11,13-16,20-21,29-32H,2,5-6H2,(H2,23,33)(H,34,35)(H,36,37)(H2,22,24,25)/t2*10-,11-,13-,14-,15-,16-,20-,21-/m11/s1. The van der Waals surface area contributed by atoms with Gasteiger partial charge in [-0.1, -0.05) is 12.2 Å². The van der Waals surface area contributed by atoms with Crippen molar-refractivity contribution in [2.45, 2.75) is 111 Å². The number of nitrogens with two attached hydrogens (primary N) is 4. The number of imidazole rings is 2. The van der Waals surface area contributed by atoms with E-state index in [9.17, 15) is 88.3 Å². The van der Waals surface area contributed by atoms with E-state index < -0.39 is 168 Å². The Labute approximate surface area is 492 Å². The number of nitrogens with zero attached hydrogens (tertiary/aromatic N) is 10. The lowest BCUT2D eigenvalue weighted by Crippen LogP contribution is -2.40. The Morgan fingerprint density at radius 3 is 1.08 bits per heavy atom. The largest absolute Gasteiger partial charge is 0.481 e. The molecule has 88 heavy (non-hydrogen) atoms. The first-order valence-corrected chi connectivity index (χ1v) is 31.5. The number of aliphatic hydroxyl groups excluding tert-OH is 8. The summed E-state index contributed by atoms with van der Waals surface area (Å²) in [5.41, 5.74) is 23.2. The van der Waals surface area contributed by atoms with Crippen LogP contribution in [0.1, 0.15) is 25.3 Å². The Hall–Kier alpha value is -5.76. The van der Waals surface area contributed by atoms with Crippen LogP contribution in [0.15, 0.2) is 73.4 Å². The van der Waals surface area contributed by atoms with Gasteiger partial charge in [-0.2, -0.15) is 8.62 Å². The molecule has 20 atom stereocenters. The molecule has 4 unspecified atom stereocenters. The van der Waals surface area contributed by atoms with Crippen LogP contribution >= 0.6 is 31.3 Å². The number of rotatable bonds is 22. The minimum absolute atomic E-state index is 0.0517. The number of hydrogen-bond acceptors (Lipinski definition) is 34. The third kappa shape index (κ3) is 14.8. The normalized spacial score (nSPS) is 33.3. The molecular formula is C42H58N14O28P4. The van der Waals surface area contributed by atoms with Gasteiger partial charge in [0.1, 0.15) is 96.9 Å². The fourth-order valence-corrected chi connectivity index (χ4v) is 13.5. The number of hydrogen-bond donors (Lipinski definition) is 16. The Kier molecular flexibility index (Phi) is 20.1. The fourth-order valence-electron chi connectivity index (χ4n) is 9.36. The minimum Gasteiger partial charge on any atom is -0.387 e. The quantitative estimate of drug-likeness (QED) is 0.0327. The van der Waals surface area contributed by atoms with Gasteiger partial charge in [0, 0.05) is 35.9 Å². The number of aliphatic hydroxyl groups is 8.